The molecule has 3 aromatic rings. The lowest BCUT2D eigenvalue weighted by molar-refractivity contribution is 0.482. The Morgan fingerprint density at radius 3 is 2.43 bits per heavy atom. The highest BCUT2D eigenvalue weighted by Crippen LogP contribution is 2.25. The summed E-state index contributed by atoms with van der Waals surface area (Å²) in [5.41, 5.74) is 3.52. The molecule has 0 bridgehead atoms. The van der Waals surface area contributed by atoms with Crippen LogP contribution in [0.15, 0.2) is 48.7 Å². The Kier molecular flexibility index (Phi) is 4.84. The average molecular weight is 345 g/mol. The van der Waals surface area contributed by atoms with E-state index in [0.29, 0.717) is 11.0 Å². The van der Waals surface area contributed by atoms with Crippen LogP contribution in [0.3, 0.4) is 0 Å². The van der Waals surface area contributed by atoms with Crippen molar-refractivity contribution in [1.29, 1.82) is 0 Å². The lowest BCUT2D eigenvalue weighted by atomic mass is 10.1. The quantitative estimate of drug-likeness (QED) is 0.633. The van der Waals surface area contributed by atoms with Crippen molar-refractivity contribution in [1.82, 2.24) is 4.98 Å². The van der Waals surface area contributed by atoms with E-state index in [2.05, 4.69) is 36.3 Å². The van der Waals surface area contributed by atoms with Gasteiger partial charge in [-0.05, 0) is 61.4 Å². The first-order chi connectivity index (χ1) is 11.1. The van der Waals surface area contributed by atoms with Crippen molar-refractivity contribution in [2.24, 2.45) is 0 Å². The van der Waals surface area contributed by atoms with E-state index < -0.39 is 0 Å². The van der Waals surface area contributed by atoms with Gasteiger partial charge in [0.2, 0.25) is 0 Å². The first-order valence-corrected chi connectivity index (χ1v) is 8.49. The highest BCUT2D eigenvalue weighted by atomic mass is 35.5. The molecule has 23 heavy (non-hydrogen) atoms. The molecule has 1 aromatic heterocycles. The largest absolute Gasteiger partial charge is 0.457 e. The molecule has 0 amide bonds. The van der Waals surface area contributed by atoms with Crippen molar-refractivity contribution < 1.29 is 4.74 Å². The number of benzene rings is 2. The number of ether oxygens (including phenoxy) is 1. The van der Waals surface area contributed by atoms with Gasteiger partial charge in [-0.3, -0.25) is 0 Å². The third-order valence-electron chi connectivity index (χ3n) is 3.56. The van der Waals surface area contributed by atoms with Gasteiger partial charge in [-0.1, -0.05) is 17.7 Å². The molecule has 1 N–H and O–H groups in total. The summed E-state index contributed by atoms with van der Waals surface area (Å²) in [6.45, 7) is 4.89. The number of thiazole rings is 1. The Labute approximate surface area is 144 Å². The van der Waals surface area contributed by atoms with Crippen LogP contribution in [-0.4, -0.2) is 4.98 Å². The third kappa shape index (κ3) is 4.24. The Hall–Kier alpha value is -2.04. The van der Waals surface area contributed by atoms with E-state index in [4.69, 9.17) is 16.3 Å². The molecule has 0 aliphatic carbocycles. The fourth-order valence-corrected chi connectivity index (χ4v) is 3.03. The van der Waals surface area contributed by atoms with Gasteiger partial charge in [-0.2, -0.15) is 0 Å². The highest BCUT2D eigenvalue weighted by Gasteiger charge is 2.02. The minimum Gasteiger partial charge on any atom is -0.457 e. The van der Waals surface area contributed by atoms with Crippen molar-refractivity contribution in [2.75, 3.05) is 5.32 Å². The Morgan fingerprint density at radius 2 is 1.78 bits per heavy atom. The van der Waals surface area contributed by atoms with Crippen molar-refractivity contribution in [3.05, 3.63) is 69.1 Å². The van der Waals surface area contributed by atoms with Gasteiger partial charge in [0.15, 0.2) is 4.47 Å². The normalized spacial score (nSPS) is 10.6. The Morgan fingerprint density at radius 1 is 1.04 bits per heavy atom. The molecular formula is C18H17ClN2OS. The molecular weight excluding hydrogens is 328 g/mol. The van der Waals surface area contributed by atoms with E-state index in [9.17, 15) is 0 Å². The van der Waals surface area contributed by atoms with Gasteiger partial charge < -0.3 is 10.1 Å². The van der Waals surface area contributed by atoms with Crippen LogP contribution in [0.25, 0.3) is 0 Å². The topological polar surface area (TPSA) is 34.1 Å². The SMILES string of the molecule is Cc1ccc(Oc2ccc(NCc3cnc(Cl)s3)cc2)cc1C. The first-order valence-electron chi connectivity index (χ1n) is 7.29. The molecule has 5 heteroatoms. The summed E-state index contributed by atoms with van der Waals surface area (Å²) in [6, 6.07) is 14.0. The average Bonchev–Trinajstić information content (AvgIpc) is 2.96. The second kappa shape index (κ2) is 7.02. The molecule has 0 atom stereocenters. The van der Waals surface area contributed by atoms with Crippen LogP contribution in [0.2, 0.25) is 4.47 Å². The maximum Gasteiger partial charge on any atom is 0.183 e. The third-order valence-corrected chi connectivity index (χ3v) is 4.68. The second-order valence-electron chi connectivity index (χ2n) is 5.31. The number of nitrogens with one attached hydrogen (secondary N) is 1. The molecule has 118 valence electrons. The molecule has 0 unspecified atom stereocenters. The van der Waals surface area contributed by atoms with Crippen molar-refractivity contribution in [2.45, 2.75) is 20.4 Å². The number of rotatable bonds is 5. The number of anilines is 1. The van der Waals surface area contributed by atoms with E-state index in [-0.39, 0.29) is 0 Å². The van der Waals surface area contributed by atoms with Crippen LogP contribution in [0.4, 0.5) is 5.69 Å². The molecule has 3 nitrogen and oxygen atoms in total. The van der Waals surface area contributed by atoms with E-state index in [0.717, 1.165) is 22.1 Å². The number of aromatic nitrogens is 1. The predicted octanol–water partition coefficient (Wildman–Crippen LogP) is 5.82. The smallest absolute Gasteiger partial charge is 0.183 e. The zero-order chi connectivity index (χ0) is 16.2. The van der Waals surface area contributed by atoms with Crippen LogP contribution in [0.1, 0.15) is 16.0 Å². The number of hydrogen-bond acceptors (Lipinski definition) is 4. The molecule has 0 spiro atoms. The van der Waals surface area contributed by atoms with E-state index in [1.807, 2.05) is 30.3 Å². The summed E-state index contributed by atoms with van der Waals surface area (Å²) in [5, 5.41) is 3.34. The summed E-state index contributed by atoms with van der Waals surface area (Å²) in [7, 11) is 0. The van der Waals surface area contributed by atoms with Gasteiger partial charge in [0.1, 0.15) is 11.5 Å². The fraction of sp³-hybridized carbons (Fsp3) is 0.167. The summed E-state index contributed by atoms with van der Waals surface area (Å²) < 4.78 is 6.45. The zero-order valence-electron chi connectivity index (χ0n) is 13.0. The van der Waals surface area contributed by atoms with E-state index in [1.165, 1.54) is 22.5 Å². The predicted molar refractivity (Wildman–Crippen MR) is 96.9 cm³/mol. The summed E-state index contributed by atoms with van der Waals surface area (Å²) in [5.74, 6) is 1.67. The zero-order valence-corrected chi connectivity index (χ0v) is 14.5. The lowest BCUT2D eigenvalue weighted by Crippen LogP contribution is -1.97. The van der Waals surface area contributed by atoms with Crippen molar-refractivity contribution >= 4 is 28.6 Å². The lowest BCUT2D eigenvalue weighted by Gasteiger charge is -2.09. The monoisotopic (exact) mass is 344 g/mol. The minimum absolute atomic E-state index is 0.568. The van der Waals surface area contributed by atoms with Gasteiger partial charge in [0.25, 0.3) is 0 Å². The number of nitrogens with zero attached hydrogens (tertiary/aromatic N) is 1. The van der Waals surface area contributed by atoms with Crippen LogP contribution in [0, 0.1) is 13.8 Å². The summed E-state index contributed by atoms with van der Waals surface area (Å²) in [4.78, 5) is 5.13. The van der Waals surface area contributed by atoms with Gasteiger partial charge >= 0.3 is 0 Å². The second-order valence-corrected chi connectivity index (χ2v) is 7.00. The maximum atomic E-state index is 5.88. The molecule has 0 saturated heterocycles. The van der Waals surface area contributed by atoms with Gasteiger partial charge in [-0.15, -0.1) is 11.3 Å². The summed E-state index contributed by atoms with van der Waals surface area (Å²) >= 11 is 7.31. The Balaban J connectivity index is 1.61. The standard InChI is InChI=1S/C18H17ClN2OS/c1-12-3-6-16(9-13(12)2)22-15-7-4-14(5-8-15)20-10-17-11-21-18(19)23-17/h3-9,11,20H,10H2,1-2H3. The molecule has 3 rings (SSSR count). The van der Waals surface area contributed by atoms with E-state index in [1.54, 1.807) is 6.20 Å². The molecule has 0 radical (unpaired) electrons. The van der Waals surface area contributed by atoms with Crippen molar-refractivity contribution in [3.8, 4) is 11.5 Å². The fourth-order valence-electron chi connectivity index (χ4n) is 2.11. The minimum atomic E-state index is 0.568. The molecule has 0 aliphatic heterocycles. The van der Waals surface area contributed by atoms with E-state index >= 15 is 0 Å². The van der Waals surface area contributed by atoms with Crippen molar-refractivity contribution in [3.63, 3.8) is 0 Å². The maximum absolute atomic E-state index is 5.88. The number of hydrogen-bond donors (Lipinski definition) is 1. The van der Waals surface area contributed by atoms with Gasteiger partial charge in [-0.25, -0.2) is 4.98 Å². The molecule has 1 heterocycles. The van der Waals surface area contributed by atoms with Crippen LogP contribution in [0.5, 0.6) is 11.5 Å². The molecule has 2 aromatic carbocycles. The Bertz CT molecular complexity index is 799. The van der Waals surface area contributed by atoms with Gasteiger partial charge in [0.05, 0.1) is 6.54 Å². The van der Waals surface area contributed by atoms with Crippen LogP contribution in [-0.2, 0) is 6.54 Å². The first kappa shape index (κ1) is 15.8. The van der Waals surface area contributed by atoms with Crippen LogP contribution >= 0.6 is 22.9 Å². The van der Waals surface area contributed by atoms with Gasteiger partial charge in [0, 0.05) is 16.8 Å². The summed E-state index contributed by atoms with van der Waals surface area (Å²) in [6.07, 6.45) is 1.79. The molecule has 0 aliphatic rings. The van der Waals surface area contributed by atoms with Crippen LogP contribution < -0.4 is 10.1 Å². The molecule has 0 saturated carbocycles. The number of aryl methyl sites for hydroxylation is 2. The molecule has 0 fully saturated rings. The number of halogens is 1. The highest BCUT2D eigenvalue weighted by molar-refractivity contribution is 7.15.